The lowest BCUT2D eigenvalue weighted by Gasteiger charge is -2.01. The molecule has 1 nitrogen and oxygen atoms in total. The molecule has 0 saturated carbocycles. The van der Waals surface area contributed by atoms with Crippen LogP contribution in [0.4, 0.5) is 0 Å². The number of halogens is 1. The number of rotatable bonds is 0. The molecule has 0 saturated heterocycles. The second-order valence-electron chi connectivity index (χ2n) is 3.18. The molecular weight excluding hydrogens is 263 g/mol. The molecule has 2 rings (SSSR count). The molecule has 0 spiro atoms. The largest absolute Gasteiger partial charge is 0.294 e. The van der Waals surface area contributed by atoms with Crippen LogP contribution in [0.1, 0.15) is 27.9 Å². The molecule has 0 atom stereocenters. The van der Waals surface area contributed by atoms with Gasteiger partial charge in [-0.3, -0.25) is 4.79 Å². The van der Waals surface area contributed by atoms with Crippen molar-refractivity contribution in [1.29, 1.82) is 0 Å². The minimum absolute atomic E-state index is 0.308. The van der Waals surface area contributed by atoms with Crippen LogP contribution in [0.25, 0.3) is 0 Å². The molecule has 1 aliphatic carbocycles. The summed E-state index contributed by atoms with van der Waals surface area (Å²) in [6.45, 7) is 2.09. The highest BCUT2D eigenvalue weighted by Gasteiger charge is 2.19. The predicted octanol–water partition coefficient (Wildman–Crippen LogP) is 2.73. The Bertz CT molecular complexity index is 355. The van der Waals surface area contributed by atoms with Gasteiger partial charge >= 0.3 is 0 Å². The molecule has 0 bridgehead atoms. The normalized spacial score (nSPS) is 15.0. The number of carbonyl (C=O) groups excluding carboxylic acids is 1. The molecule has 0 N–H and O–H groups in total. The molecule has 1 aromatic carbocycles. The van der Waals surface area contributed by atoms with Gasteiger partial charge in [-0.15, -0.1) is 0 Å². The van der Waals surface area contributed by atoms with Gasteiger partial charge in [0.2, 0.25) is 0 Å². The Labute approximate surface area is 85.3 Å². The average Bonchev–Trinajstić information content (AvgIpc) is 2.35. The molecule has 0 radical (unpaired) electrons. The number of carbonyl (C=O) groups is 1. The van der Waals surface area contributed by atoms with E-state index in [-0.39, 0.29) is 0 Å². The summed E-state index contributed by atoms with van der Waals surface area (Å²) in [5.41, 5.74) is 3.46. The Hall–Kier alpha value is -0.380. The van der Waals surface area contributed by atoms with E-state index in [2.05, 4.69) is 35.6 Å². The van der Waals surface area contributed by atoms with Crippen molar-refractivity contribution in [2.24, 2.45) is 0 Å². The number of fused-ring (bicyclic) bond motifs is 1. The quantitative estimate of drug-likeness (QED) is 0.664. The number of aryl methyl sites for hydroxylation is 2. The number of ketones is 1. The molecule has 1 aromatic rings. The van der Waals surface area contributed by atoms with Gasteiger partial charge in [0, 0.05) is 15.6 Å². The van der Waals surface area contributed by atoms with Gasteiger partial charge in [-0.2, -0.15) is 0 Å². The first-order chi connectivity index (χ1) is 5.68. The topological polar surface area (TPSA) is 17.1 Å². The fourth-order valence-corrected chi connectivity index (χ4v) is 2.06. The second-order valence-corrected chi connectivity index (χ2v) is 4.34. The maximum atomic E-state index is 11.3. The lowest BCUT2D eigenvalue weighted by molar-refractivity contribution is 0.0994. The molecule has 0 unspecified atom stereocenters. The summed E-state index contributed by atoms with van der Waals surface area (Å²) < 4.78 is 1.20. The second kappa shape index (κ2) is 2.83. The van der Waals surface area contributed by atoms with Gasteiger partial charge in [0.15, 0.2) is 5.78 Å². The highest BCUT2D eigenvalue weighted by Crippen LogP contribution is 2.25. The Morgan fingerprint density at radius 3 is 2.83 bits per heavy atom. The minimum Gasteiger partial charge on any atom is -0.294 e. The van der Waals surface area contributed by atoms with E-state index in [0.717, 1.165) is 12.0 Å². The van der Waals surface area contributed by atoms with Crippen LogP contribution in [0.5, 0.6) is 0 Å². The first-order valence-corrected chi connectivity index (χ1v) is 5.08. The van der Waals surface area contributed by atoms with Crippen molar-refractivity contribution in [3.05, 3.63) is 32.4 Å². The molecule has 0 fully saturated rings. The van der Waals surface area contributed by atoms with Gasteiger partial charge in [-0.05, 0) is 53.1 Å². The van der Waals surface area contributed by atoms with E-state index in [1.807, 2.05) is 6.07 Å². The van der Waals surface area contributed by atoms with E-state index in [1.54, 1.807) is 0 Å². The Balaban J connectivity index is 2.63. The van der Waals surface area contributed by atoms with E-state index in [0.29, 0.717) is 12.2 Å². The highest BCUT2D eigenvalue weighted by molar-refractivity contribution is 14.1. The standard InChI is InChI=1S/C10H9IO/c1-6-4-7-2-3-10(12)8(7)5-9(6)11/h4-5H,2-3H2,1H3. The van der Waals surface area contributed by atoms with Crippen LogP contribution < -0.4 is 0 Å². The van der Waals surface area contributed by atoms with Crippen molar-refractivity contribution in [2.75, 3.05) is 0 Å². The van der Waals surface area contributed by atoms with Gasteiger partial charge in [-0.25, -0.2) is 0 Å². The smallest absolute Gasteiger partial charge is 0.163 e. The summed E-state index contributed by atoms with van der Waals surface area (Å²) in [6, 6.07) is 4.16. The van der Waals surface area contributed by atoms with Crippen molar-refractivity contribution in [1.82, 2.24) is 0 Å². The first-order valence-electron chi connectivity index (χ1n) is 4.00. The maximum Gasteiger partial charge on any atom is 0.163 e. The molecular formula is C10H9IO. The van der Waals surface area contributed by atoms with Crippen LogP contribution in [0.2, 0.25) is 0 Å². The van der Waals surface area contributed by atoms with Gasteiger partial charge in [-0.1, -0.05) is 6.07 Å². The average molecular weight is 272 g/mol. The molecule has 0 aromatic heterocycles. The maximum absolute atomic E-state index is 11.3. The summed E-state index contributed by atoms with van der Waals surface area (Å²) in [7, 11) is 0. The zero-order chi connectivity index (χ0) is 8.72. The van der Waals surface area contributed by atoms with E-state index in [4.69, 9.17) is 0 Å². The van der Waals surface area contributed by atoms with Gasteiger partial charge in [0.1, 0.15) is 0 Å². The number of hydrogen-bond donors (Lipinski definition) is 0. The summed E-state index contributed by atoms with van der Waals surface area (Å²) in [5, 5.41) is 0. The van der Waals surface area contributed by atoms with Crippen molar-refractivity contribution in [3.63, 3.8) is 0 Å². The highest BCUT2D eigenvalue weighted by atomic mass is 127. The van der Waals surface area contributed by atoms with Crippen LogP contribution in [-0.4, -0.2) is 5.78 Å². The molecule has 0 amide bonds. The van der Waals surface area contributed by atoms with Crippen LogP contribution in [0.15, 0.2) is 12.1 Å². The Morgan fingerprint density at radius 1 is 1.33 bits per heavy atom. The number of hydrogen-bond acceptors (Lipinski definition) is 1. The third-order valence-electron chi connectivity index (χ3n) is 2.31. The molecule has 2 heteroatoms. The Morgan fingerprint density at radius 2 is 2.08 bits per heavy atom. The molecule has 0 aliphatic heterocycles. The molecule has 0 heterocycles. The molecule has 12 heavy (non-hydrogen) atoms. The van der Waals surface area contributed by atoms with Crippen LogP contribution in [0, 0.1) is 10.5 Å². The lowest BCUT2D eigenvalue weighted by atomic mass is 10.1. The lowest BCUT2D eigenvalue weighted by Crippen LogP contribution is -1.93. The predicted molar refractivity (Wildman–Crippen MR) is 56.5 cm³/mol. The summed E-state index contributed by atoms with van der Waals surface area (Å²) >= 11 is 2.28. The summed E-state index contributed by atoms with van der Waals surface area (Å²) in [4.78, 5) is 11.3. The van der Waals surface area contributed by atoms with Crippen molar-refractivity contribution < 1.29 is 4.79 Å². The number of Topliss-reactive ketones (excluding diaryl/α,β-unsaturated/α-hetero) is 1. The zero-order valence-electron chi connectivity index (χ0n) is 6.86. The van der Waals surface area contributed by atoms with Gasteiger partial charge in [0.25, 0.3) is 0 Å². The first kappa shape index (κ1) is 8.23. The fourth-order valence-electron chi connectivity index (χ4n) is 1.59. The van der Waals surface area contributed by atoms with Crippen LogP contribution >= 0.6 is 22.6 Å². The van der Waals surface area contributed by atoms with E-state index < -0.39 is 0 Å². The monoisotopic (exact) mass is 272 g/mol. The fraction of sp³-hybridized carbons (Fsp3) is 0.300. The van der Waals surface area contributed by atoms with Gasteiger partial charge < -0.3 is 0 Å². The van der Waals surface area contributed by atoms with E-state index in [1.165, 1.54) is 14.7 Å². The van der Waals surface area contributed by atoms with E-state index in [9.17, 15) is 4.79 Å². The third kappa shape index (κ3) is 1.18. The summed E-state index contributed by atoms with van der Waals surface area (Å²) in [5.74, 6) is 0.308. The summed E-state index contributed by atoms with van der Waals surface area (Å²) in [6.07, 6.45) is 1.64. The SMILES string of the molecule is Cc1cc2c(cc1I)C(=O)CC2. The third-order valence-corrected chi connectivity index (χ3v) is 3.47. The molecule has 62 valence electrons. The van der Waals surface area contributed by atoms with Gasteiger partial charge in [0.05, 0.1) is 0 Å². The Kier molecular flexibility index (Phi) is 1.94. The number of benzene rings is 1. The van der Waals surface area contributed by atoms with Crippen molar-refractivity contribution in [2.45, 2.75) is 19.8 Å². The zero-order valence-corrected chi connectivity index (χ0v) is 9.01. The van der Waals surface area contributed by atoms with Crippen molar-refractivity contribution >= 4 is 28.4 Å². The van der Waals surface area contributed by atoms with E-state index >= 15 is 0 Å². The molecule has 1 aliphatic rings. The van der Waals surface area contributed by atoms with Crippen LogP contribution in [-0.2, 0) is 6.42 Å². The van der Waals surface area contributed by atoms with Crippen molar-refractivity contribution in [3.8, 4) is 0 Å². The minimum atomic E-state index is 0.308. The van der Waals surface area contributed by atoms with Crippen LogP contribution in [0.3, 0.4) is 0 Å².